The van der Waals surface area contributed by atoms with Gasteiger partial charge in [0.1, 0.15) is 11.4 Å². The number of thioether (sulfide) groups is 1. The van der Waals surface area contributed by atoms with Crippen LogP contribution >= 0.6 is 24.0 Å². The van der Waals surface area contributed by atoms with Crippen molar-refractivity contribution >= 4 is 46.7 Å². The monoisotopic (exact) mass is 384 g/mol. The summed E-state index contributed by atoms with van der Waals surface area (Å²) < 4.78 is 4.74. The minimum Gasteiger partial charge on any atom is -0.465 e. The first-order valence-corrected chi connectivity index (χ1v) is 9.58. The molecular formula is C19H16N2O3S2. The lowest BCUT2D eigenvalue weighted by Crippen LogP contribution is -2.33. The molecule has 1 unspecified atom stereocenters. The van der Waals surface area contributed by atoms with Crippen molar-refractivity contribution in [2.45, 2.75) is 11.4 Å². The van der Waals surface area contributed by atoms with E-state index in [1.807, 2.05) is 47.4 Å². The minimum atomic E-state index is -0.365. The topological polar surface area (TPSA) is 49.9 Å². The highest BCUT2D eigenvalue weighted by atomic mass is 32.2. The molecule has 0 spiro atoms. The van der Waals surface area contributed by atoms with Crippen LogP contribution in [0.5, 0.6) is 0 Å². The molecule has 0 saturated carbocycles. The number of anilines is 1. The van der Waals surface area contributed by atoms with Crippen LogP contribution in [-0.4, -0.2) is 40.8 Å². The van der Waals surface area contributed by atoms with E-state index in [-0.39, 0.29) is 23.3 Å². The molecule has 2 aromatic carbocycles. The van der Waals surface area contributed by atoms with E-state index in [4.69, 9.17) is 17.0 Å². The van der Waals surface area contributed by atoms with Gasteiger partial charge in [-0.05, 0) is 42.0 Å². The maximum Gasteiger partial charge on any atom is 0.337 e. The van der Waals surface area contributed by atoms with Crippen molar-refractivity contribution in [3.8, 4) is 0 Å². The van der Waals surface area contributed by atoms with E-state index < -0.39 is 0 Å². The van der Waals surface area contributed by atoms with Gasteiger partial charge in [-0.15, -0.1) is 11.8 Å². The van der Waals surface area contributed by atoms with Crippen molar-refractivity contribution in [2.75, 3.05) is 17.8 Å². The molecule has 0 aliphatic carbocycles. The van der Waals surface area contributed by atoms with Crippen molar-refractivity contribution < 1.29 is 14.3 Å². The van der Waals surface area contributed by atoms with Crippen molar-refractivity contribution in [3.63, 3.8) is 0 Å². The number of hydrogen-bond acceptors (Lipinski definition) is 5. The number of para-hydroxylation sites is 1. The number of esters is 1. The van der Waals surface area contributed by atoms with Crippen LogP contribution in [0.15, 0.2) is 54.6 Å². The molecule has 2 fully saturated rings. The Hall–Kier alpha value is -2.38. The largest absolute Gasteiger partial charge is 0.465 e. The third-order valence-corrected chi connectivity index (χ3v) is 6.27. The van der Waals surface area contributed by atoms with Crippen LogP contribution in [0.2, 0.25) is 0 Å². The van der Waals surface area contributed by atoms with E-state index in [1.165, 1.54) is 7.11 Å². The molecular weight excluding hydrogens is 368 g/mol. The first-order valence-electron chi connectivity index (χ1n) is 8.13. The van der Waals surface area contributed by atoms with Crippen LogP contribution in [0.3, 0.4) is 0 Å². The van der Waals surface area contributed by atoms with Crippen LogP contribution in [0, 0.1) is 0 Å². The fraction of sp³-hybridized carbons (Fsp3) is 0.211. The van der Waals surface area contributed by atoms with E-state index in [0.717, 1.165) is 11.3 Å². The first-order chi connectivity index (χ1) is 12.6. The number of amides is 1. The van der Waals surface area contributed by atoms with Crippen LogP contribution in [-0.2, 0) is 9.53 Å². The fourth-order valence-corrected chi connectivity index (χ4v) is 5.18. The summed E-state index contributed by atoms with van der Waals surface area (Å²) in [5, 5.41) is 0.482. The van der Waals surface area contributed by atoms with Gasteiger partial charge < -0.3 is 9.64 Å². The molecule has 2 heterocycles. The number of nitrogens with zero attached hydrogens (tertiary/aromatic N) is 2. The Morgan fingerprint density at radius 2 is 1.85 bits per heavy atom. The highest BCUT2D eigenvalue weighted by Gasteiger charge is 2.50. The number of carbonyl (C=O) groups excluding carboxylic acids is 2. The zero-order valence-corrected chi connectivity index (χ0v) is 15.6. The maximum atomic E-state index is 12.9. The molecule has 4 rings (SSSR count). The Labute approximate surface area is 160 Å². The number of methoxy groups -OCH3 is 1. The normalized spacial score (nSPS) is 21.9. The lowest BCUT2D eigenvalue weighted by atomic mass is 10.1. The second-order valence-corrected chi connectivity index (χ2v) is 7.49. The summed E-state index contributed by atoms with van der Waals surface area (Å²) in [5.41, 5.74) is 2.30. The van der Waals surface area contributed by atoms with Gasteiger partial charge in [0.25, 0.3) is 5.91 Å². The number of thiocarbonyl (C=S) groups is 1. The van der Waals surface area contributed by atoms with Gasteiger partial charge >= 0.3 is 5.97 Å². The maximum absolute atomic E-state index is 12.9. The van der Waals surface area contributed by atoms with Gasteiger partial charge in [0.2, 0.25) is 0 Å². The molecule has 0 N–H and O–H groups in total. The molecule has 5 nitrogen and oxygen atoms in total. The molecule has 1 amide bonds. The number of benzene rings is 2. The zero-order chi connectivity index (χ0) is 18.3. The van der Waals surface area contributed by atoms with E-state index in [2.05, 4.69) is 0 Å². The lowest BCUT2D eigenvalue weighted by molar-refractivity contribution is -0.119. The van der Waals surface area contributed by atoms with Gasteiger partial charge in [-0.1, -0.05) is 30.3 Å². The summed E-state index contributed by atoms with van der Waals surface area (Å²) in [6.45, 7) is 0. The van der Waals surface area contributed by atoms with Gasteiger partial charge in [-0.2, -0.15) is 0 Å². The second kappa shape index (κ2) is 6.74. The Morgan fingerprint density at radius 3 is 2.50 bits per heavy atom. The number of rotatable bonds is 3. The summed E-state index contributed by atoms with van der Waals surface area (Å²) in [5.74, 6) is 0.337. The molecule has 0 aromatic heterocycles. The Morgan fingerprint density at radius 1 is 1.15 bits per heavy atom. The molecule has 2 saturated heterocycles. The van der Waals surface area contributed by atoms with Gasteiger partial charge in [0, 0.05) is 5.75 Å². The first kappa shape index (κ1) is 17.1. The standard InChI is InChI=1S/C19H16N2O3S2/c1-24-18(23)13-9-7-12(8-10-13)17-21-15(11-26-17)16(22)20(19(21)25)14-5-3-2-4-6-14/h2-10,15,17H,11H2,1H3/t15-,17?/m1/s1. The second-order valence-electron chi connectivity index (χ2n) is 6.01. The van der Waals surface area contributed by atoms with E-state index in [9.17, 15) is 9.59 Å². The summed E-state index contributed by atoms with van der Waals surface area (Å²) in [4.78, 5) is 28.1. The lowest BCUT2D eigenvalue weighted by Gasteiger charge is -2.25. The van der Waals surface area contributed by atoms with Gasteiger partial charge in [-0.25, -0.2) is 4.79 Å². The highest BCUT2D eigenvalue weighted by molar-refractivity contribution is 7.99. The zero-order valence-electron chi connectivity index (χ0n) is 14.0. The molecule has 2 aromatic rings. The van der Waals surface area contributed by atoms with E-state index in [1.54, 1.807) is 28.8 Å². The Kier molecular flexibility index (Phi) is 4.42. The number of fused-ring (bicyclic) bond motifs is 1. The summed E-state index contributed by atoms with van der Waals surface area (Å²) in [7, 11) is 1.36. The average Bonchev–Trinajstić information content (AvgIpc) is 3.22. The average molecular weight is 384 g/mol. The summed E-state index contributed by atoms with van der Waals surface area (Å²) >= 11 is 7.33. The molecule has 0 bridgehead atoms. The molecule has 2 aliphatic rings. The van der Waals surface area contributed by atoms with Crippen LogP contribution in [0.25, 0.3) is 0 Å². The van der Waals surface area contributed by atoms with Crippen molar-refractivity contribution in [1.29, 1.82) is 0 Å². The van der Waals surface area contributed by atoms with Crippen LogP contribution < -0.4 is 4.90 Å². The number of hydrogen-bond donors (Lipinski definition) is 0. The van der Waals surface area contributed by atoms with Crippen molar-refractivity contribution in [3.05, 3.63) is 65.7 Å². The minimum absolute atomic E-state index is 0.0161. The molecule has 2 aliphatic heterocycles. The third-order valence-electron chi connectivity index (χ3n) is 4.55. The van der Waals surface area contributed by atoms with Crippen LogP contribution in [0.4, 0.5) is 5.69 Å². The molecule has 132 valence electrons. The molecule has 2 atom stereocenters. The van der Waals surface area contributed by atoms with Gasteiger partial charge in [0.15, 0.2) is 5.11 Å². The Bertz CT molecular complexity index is 870. The fourth-order valence-electron chi connectivity index (χ4n) is 3.26. The number of carbonyl (C=O) groups is 2. The predicted molar refractivity (Wildman–Crippen MR) is 105 cm³/mol. The smallest absolute Gasteiger partial charge is 0.337 e. The van der Waals surface area contributed by atoms with E-state index >= 15 is 0 Å². The van der Waals surface area contributed by atoms with E-state index in [0.29, 0.717) is 16.4 Å². The summed E-state index contributed by atoms with van der Waals surface area (Å²) in [6, 6.07) is 16.5. The van der Waals surface area contributed by atoms with Crippen molar-refractivity contribution in [1.82, 2.24) is 4.90 Å². The highest BCUT2D eigenvalue weighted by Crippen LogP contribution is 2.46. The SMILES string of the molecule is COC(=O)c1ccc(C2SC[C@@H]3C(=O)N(c4ccccc4)C(=S)N23)cc1. The molecule has 26 heavy (non-hydrogen) atoms. The predicted octanol–water partition coefficient (Wildman–Crippen LogP) is 3.22. The molecule has 7 heteroatoms. The quantitative estimate of drug-likeness (QED) is 0.598. The van der Waals surface area contributed by atoms with Gasteiger partial charge in [-0.3, -0.25) is 9.69 Å². The Balaban J connectivity index is 1.62. The third kappa shape index (κ3) is 2.68. The summed E-state index contributed by atoms with van der Waals surface area (Å²) in [6.07, 6.45) is 0. The van der Waals surface area contributed by atoms with Crippen molar-refractivity contribution in [2.24, 2.45) is 0 Å². The molecule has 0 radical (unpaired) electrons. The van der Waals surface area contributed by atoms with Gasteiger partial charge in [0.05, 0.1) is 18.4 Å². The number of ether oxygens (including phenoxy) is 1. The van der Waals surface area contributed by atoms with Crippen LogP contribution in [0.1, 0.15) is 21.3 Å².